The van der Waals surface area contributed by atoms with Crippen LogP contribution in [0.5, 0.6) is 17.2 Å². The minimum atomic E-state index is -0.999. The van der Waals surface area contributed by atoms with Crippen molar-refractivity contribution < 1.29 is 47.2 Å². The summed E-state index contributed by atoms with van der Waals surface area (Å²) in [6.07, 6.45) is 1.51. The molecule has 0 saturated carbocycles. The Morgan fingerprint density at radius 2 is 1.93 bits per heavy atom. The molecule has 1 aliphatic heterocycles. The van der Waals surface area contributed by atoms with Crippen molar-refractivity contribution in [2.75, 3.05) is 20.5 Å². The number of cyclic esters (lactones) is 1. The minimum absolute atomic E-state index is 0.0469. The van der Waals surface area contributed by atoms with Crippen LogP contribution in [0.25, 0.3) is 0 Å². The van der Waals surface area contributed by atoms with Gasteiger partial charge in [0.05, 0.1) is 7.11 Å². The summed E-state index contributed by atoms with van der Waals surface area (Å²) in [5, 5.41) is 2.68. The predicted octanol–water partition coefficient (Wildman–Crippen LogP) is 3.59. The highest BCUT2D eigenvalue weighted by molar-refractivity contribution is 5.98. The van der Waals surface area contributed by atoms with Crippen molar-refractivity contribution in [3.63, 3.8) is 0 Å². The van der Waals surface area contributed by atoms with E-state index in [-0.39, 0.29) is 29.4 Å². The van der Waals surface area contributed by atoms with Gasteiger partial charge in [0.2, 0.25) is 6.79 Å². The van der Waals surface area contributed by atoms with Gasteiger partial charge in [-0.25, -0.2) is 14.2 Å². The van der Waals surface area contributed by atoms with Crippen LogP contribution >= 0.6 is 0 Å². The maximum Gasteiger partial charge on any atom is 0.329 e. The van der Waals surface area contributed by atoms with Gasteiger partial charge in [0, 0.05) is 25.8 Å². The smallest absolute Gasteiger partial charge is 0.329 e. The van der Waals surface area contributed by atoms with Gasteiger partial charge in [-0.2, -0.15) is 0 Å². The van der Waals surface area contributed by atoms with Gasteiger partial charge >= 0.3 is 11.9 Å². The summed E-state index contributed by atoms with van der Waals surface area (Å²) in [5.74, 6) is -1.69. The van der Waals surface area contributed by atoms with E-state index in [0.29, 0.717) is 25.2 Å². The Kier molecular flexibility index (Phi) is 11.5. The summed E-state index contributed by atoms with van der Waals surface area (Å²) >= 11 is 0. The molecule has 1 fully saturated rings. The molecule has 1 saturated heterocycles. The number of nitrogens with zero attached hydrogens (tertiary/aromatic N) is 1. The number of rotatable bonds is 11. The molecule has 0 aliphatic carbocycles. The maximum absolute atomic E-state index is 13.4. The van der Waals surface area contributed by atoms with Gasteiger partial charge in [-0.05, 0) is 56.9 Å². The Hall–Kier alpha value is -3.93. The van der Waals surface area contributed by atoms with Gasteiger partial charge in [0.15, 0.2) is 17.2 Å². The molecular formula is C28H35FN2O9. The average molecular weight is 563 g/mol. The molecule has 3 rings (SSSR count). The second kappa shape index (κ2) is 15.0. The number of amides is 1. The molecule has 1 aromatic carbocycles. The van der Waals surface area contributed by atoms with Gasteiger partial charge in [-0.3, -0.25) is 9.59 Å². The number of nitrogens with one attached hydrogen (secondary N) is 1. The summed E-state index contributed by atoms with van der Waals surface area (Å²) in [7, 11) is 1.38. The zero-order chi connectivity index (χ0) is 29.1. The Morgan fingerprint density at radius 3 is 2.60 bits per heavy atom. The summed E-state index contributed by atoms with van der Waals surface area (Å²) in [5.41, 5.74) is -0.158. The number of carbonyl (C=O) groups excluding carboxylic acids is 3. The van der Waals surface area contributed by atoms with Crippen molar-refractivity contribution in [2.45, 2.75) is 70.8 Å². The van der Waals surface area contributed by atoms with Crippen molar-refractivity contribution in [1.82, 2.24) is 10.3 Å². The molecule has 218 valence electrons. The second-order valence-corrected chi connectivity index (χ2v) is 9.13. The van der Waals surface area contributed by atoms with Crippen molar-refractivity contribution in [3.05, 3.63) is 48.0 Å². The van der Waals surface area contributed by atoms with Crippen LogP contribution in [0, 0.1) is 5.82 Å². The first-order valence-electron chi connectivity index (χ1n) is 13.1. The third-order valence-electron chi connectivity index (χ3n) is 6.09. The molecule has 1 aromatic heterocycles. The summed E-state index contributed by atoms with van der Waals surface area (Å²) in [6.45, 7) is 4.84. The SMILES string of the molecule is CCCOC1C(C)OC(=O)C(NC(=O)c2nccc(OC)c2OCOC(C)=O)CCCC1Oc1ccc(F)cc1. The Bertz CT molecular complexity index is 1150. The number of methoxy groups -OCH3 is 1. The molecule has 4 atom stereocenters. The lowest BCUT2D eigenvalue weighted by atomic mass is 10.0. The molecule has 2 aromatic rings. The number of aromatic nitrogens is 1. The van der Waals surface area contributed by atoms with Gasteiger partial charge < -0.3 is 33.7 Å². The molecule has 0 radical (unpaired) electrons. The number of pyridine rings is 1. The first kappa shape index (κ1) is 30.6. The summed E-state index contributed by atoms with van der Waals surface area (Å²) in [4.78, 5) is 41.6. The van der Waals surface area contributed by atoms with Crippen molar-refractivity contribution in [3.8, 4) is 17.2 Å². The van der Waals surface area contributed by atoms with Crippen LogP contribution in [-0.4, -0.2) is 67.7 Å². The Morgan fingerprint density at radius 1 is 1.18 bits per heavy atom. The van der Waals surface area contributed by atoms with Gasteiger partial charge in [0.25, 0.3) is 5.91 Å². The molecule has 1 aliphatic rings. The molecule has 11 nitrogen and oxygen atoms in total. The minimum Gasteiger partial charge on any atom is -0.493 e. The predicted molar refractivity (Wildman–Crippen MR) is 140 cm³/mol. The van der Waals surface area contributed by atoms with E-state index in [1.54, 1.807) is 6.92 Å². The lowest BCUT2D eigenvalue weighted by Crippen LogP contribution is -2.46. The largest absolute Gasteiger partial charge is 0.493 e. The highest BCUT2D eigenvalue weighted by atomic mass is 19.1. The van der Waals surface area contributed by atoms with Crippen LogP contribution in [0.4, 0.5) is 4.39 Å². The molecule has 0 spiro atoms. The van der Waals surface area contributed by atoms with Gasteiger partial charge in [-0.15, -0.1) is 0 Å². The zero-order valence-electron chi connectivity index (χ0n) is 23.0. The van der Waals surface area contributed by atoms with Crippen LogP contribution in [0.2, 0.25) is 0 Å². The lowest BCUT2D eigenvalue weighted by Gasteiger charge is -2.31. The second-order valence-electron chi connectivity index (χ2n) is 9.13. The summed E-state index contributed by atoms with van der Waals surface area (Å²) < 4.78 is 46.8. The molecule has 0 bridgehead atoms. The quantitative estimate of drug-likeness (QED) is 0.320. The fourth-order valence-corrected chi connectivity index (χ4v) is 4.17. The third-order valence-corrected chi connectivity index (χ3v) is 6.09. The van der Waals surface area contributed by atoms with Crippen molar-refractivity contribution in [2.24, 2.45) is 0 Å². The van der Waals surface area contributed by atoms with E-state index < -0.39 is 49.0 Å². The number of carbonyl (C=O) groups is 3. The fourth-order valence-electron chi connectivity index (χ4n) is 4.17. The van der Waals surface area contributed by atoms with Crippen LogP contribution < -0.4 is 19.5 Å². The van der Waals surface area contributed by atoms with E-state index in [1.165, 1.54) is 50.6 Å². The molecule has 1 amide bonds. The number of halogens is 1. The molecule has 12 heteroatoms. The number of hydrogen-bond acceptors (Lipinski definition) is 10. The fraction of sp³-hybridized carbons (Fsp3) is 0.500. The van der Waals surface area contributed by atoms with Crippen LogP contribution in [-0.2, 0) is 23.8 Å². The lowest BCUT2D eigenvalue weighted by molar-refractivity contribution is -0.163. The molecular weight excluding hydrogens is 527 g/mol. The molecule has 40 heavy (non-hydrogen) atoms. The number of esters is 2. The van der Waals surface area contributed by atoms with Crippen LogP contribution in [0.15, 0.2) is 36.5 Å². The number of benzene rings is 1. The number of ether oxygens (including phenoxy) is 6. The third kappa shape index (κ3) is 8.54. The van der Waals surface area contributed by atoms with Gasteiger partial charge in [0.1, 0.15) is 35.9 Å². The van der Waals surface area contributed by atoms with Crippen LogP contribution in [0.3, 0.4) is 0 Å². The van der Waals surface area contributed by atoms with Crippen molar-refractivity contribution >= 4 is 17.8 Å². The molecule has 2 heterocycles. The number of hydrogen-bond donors (Lipinski definition) is 1. The highest BCUT2D eigenvalue weighted by Gasteiger charge is 2.36. The Balaban J connectivity index is 1.78. The van der Waals surface area contributed by atoms with Crippen molar-refractivity contribution in [1.29, 1.82) is 0 Å². The van der Waals surface area contributed by atoms with E-state index in [4.69, 9.17) is 28.4 Å². The monoisotopic (exact) mass is 562 g/mol. The zero-order valence-corrected chi connectivity index (χ0v) is 23.0. The molecule has 1 N–H and O–H groups in total. The van der Waals surface area contributed by atoms with E-state index in [0.717, 1.165) is 6.42 Å². The average Bonchev–Trinajstić information content (AvgIpc) is 2.97. The van der Waals surface area contributed by atoms with E-state index in [9.17, 15) is 18.8 Å². The van der Waals surface area contributed by atoms with Crippen LogP contribution in [0.1, 0.15) is 56.9 Å². The maximum atomic E-state index is 13.4. The van der Waals surface area contributed by atoms with E-state index in [2.05, 4.69) is 10.3 Å². The first-order valence-corrected chi connectivity index (χ1v) is 13.1. The van der Waals surface area contributed by atoms with E-state index in [1.807, 2.05) is 6.92 Å². The first-order chi connectivity index (χ1) is 19.2. The highest BCUT2D eigenvalue weighted by Crippen LogP contribution is 2.30. The molecule has 4 unspecified atom stereocenters. The normalized spacial score (nSPS) is 21.2. The summed E-state index contributed by atoms with van der Waals surface area (Å²) in [6, 6.07) is 6.15. The standard InChI is InChI=1S/C28H35FN2O9/c1-5-15-36-25-17(2)39-28(34)21(7-6-8-23(25)40-20-11-9-19(29)10-12-20)31-27(33)24-26(38-16-37-18(3)32)22(35-4)13-14-30-24/h9-14,17,21,23,25H,5-8,15-16H2,1-4H3,(H,31,33). The topological polar surface area (TPSA) is 132 Å². The Labute approximate surface area is 232 Å². The van der Waals surface area contributed by atoms with E-state index >= 15 is 0 Å². The van der Waals surface area contributed by atoms with Gasteiger partial charge in [-0.1, -0.05) is 6.92 Å².